The molecule has 184 valence electrons. The van der Waals surface area contributed by atoms with E-state index in [9.17, 15) is 19.5 Å². The van der Waals surface area contributed by atoms with Crippen LogP contribution in [0, 0.1) is 23.2 Å². The summed E-state index contributed by atoms with van der Waals surface area (Å²) in [5.74, 6) is -2.48. The lowest BCUT2D eigenvalue weighted by Gasteiger charge is -2.58. The van der Waals surface area contributed by atoms with Gasteiger partial charge in [-0.15, -0.1) is 0 Å². The van der Waals surface area contributed by atoms with Gasteiger partial charge in [-0.05, 0) is 50.2 Å². The van der Waals surface area contributed by atoms with E-state index < -0.39 is 46.5 Å². The number of ether oxygens (including phenoxy) is 3. The quantitative estimate of drug-likeness (QED) is 0.401. The molecule has 8 heteroatoms. The number of methoxy groups -OCH3 is 1. The first-order valence-corrected chi connectivity index (χ1v) is 11.5. The minimum Gasteiger partial charge on any atom is -0.472 e. The van der Waals surface area contributed by atoms with E-state index in [4.69, 9.17) is 18.6 Å². The van der Waals surface area contributed by atoms with Crippen molar-refractivity contribution in [3.63, 3.8) is 0 Å². The molecule has 1 N–H and O–H groups in total. The molecule has 3 aliphatic rings. The minimum absolute atomic E-state index is 0.0327. The number of fused-ring (bicyclic) bond motifs is 1. The number of hydrogen-bond donors (Lipinski definition) is 1. The van der Waals surface area contributed by atoms with E-state index in [0.29, 0.717) is 24.0 Å². The summed E-state index contributed by atoms with van der Waals surface area (Å²) in [6, 6.07) is 1.73. The van der Waals surface area contributed by atoms with Crippen LogP contribution in [0.3, 0.4) is 0 Å². The van der Waals surface area contributed by atoms with Crippen LogP contribution in [-0.2, 0) is 28.6 Å². The molecule has 0 spiro atoms. The average Bonchev–Trinajstić information content (AvgIpc) is 3.26. The fraction of sp³-hybridized carbons (Fsp3) is 0.577. The first-order chi connectivity index (χ1) is 15.9. The zero-order valence-corrected chi connectivity index (χ0v) is 20.0. The molecular formula is C26H32O8. The Morgan fingerprint density at radius 2 is 2.03 bits per heavy atom. The van der Waals surface area contributed by atoms with E-state index in [2.05, 4.69) is 6.58 Å². The van der Waals surface area contributed by atoms with Crippen LogP contribution in [-0.4, -0.2) is 41.3 Å². The van der Waals surface area contributed by atoms with Gasteiger partial charge in [0, 0.05) is 23.0 Å². The van der Waals surface area contributed by atoms with Crippen LogP contribution in [0.15, 0.2) is 47.3 Å². The molecule has 2 aliphatic heterocycles. The lowest BCUT2D eigenvalue weighted by Crippen LogP contribution is -2.61. The number of furan rings is 1. The van der Waals surface area contributed by atoms with E-state index >= 15 is 0 Å². The number of cyclic esters (lactones) is 2. The fourth-order valence-corrected chi connectivity index (χ4v) is 6.19. The maximum atomic E-state index is 12.7. The fourth-order valence-electron chi connectivity index (χ4n) is 6.19. The molecule has 1 saturated heterocycles. The lowest BCUT2D eigenvalue weighted by molar-refractivity contribution is -0.213. The third-order valence-corrected chi connectivity index (χ3v) is 8.23. The van der Waals surface area contributed by atoms with E-state index in [-0.39, 0.29) is 24.7 Å². The van der Waals surface area contributed by atoms with Crippen LogP contribution >= 0.6 is 0 Å². The predicted octanol–water partition coefficient (Wildman–Crippen LogP) is 3.66. The highest BCUT2D eigenvalue weighted by atomic mass is 16.6. The molecular weight excluding hydrogens is 440 g/mol. The van der Waals surface area contributed by atoms with E-state index in [1.54, 1.807) is 26.0 Å². The number of allylic oxidation sites excluding steroid dienone is 1. The van der Waals surface area contributed by atoms with Gasteiger partial charge in [-0.2, -0.15) is 0 Å². The second-order valence-corrected chi connectivity index (χ2v) is 10.4. The monoisotopic (exact) mass is 472 g/mol. The van der Waals surface area contributed by atoms with Gasteiger partial charge in [0.25, 0.3) is 0 Å². The highest BCUT2D eigenvalue weighted by Gasteiger charge is 2.64. The van der Waals surface area contributed by atoms with Gasteiger partial charge in [0.15, 0.2) is 0 Å². The molecule has 0 radical (unpaired) electrons. The Balaban J connectivity index is 1.74. The van der Waals surface area contributed by atoms with Crippen molar-refractivity contribution < 1.29 is 38.1 Å². The number of carbonyl (C=O) groups is 3. The molecule has 1 saturated carbocycles. The van der Waals surface area contributed by atoms with Gasteiger partial charge in [0.2, 0.25) is 0 Å². The van der Waals surface area contributed by atoms with Gasteiger partial charge in [-0.1, -0.05) is 19.6 Å². The Morgan fingerprint density at radius 1 is 1.29 bits per heavy atom. The molecule has 0 unspecified atom stereocenters. The van der Waals surface area contributed by atoms with Crippen LogP contribution in [0.2, 0.25) is 0 Å². The zero-order valence-electron chi connectivity index (χ0n) is 20.0. The second-order valence-electron chi connectivity index (χ2n) is 10.4. The number of aliphatic hydroxyl groups is 1. The Labute approximate surface area is 198 Å². The van der Waals surface area contributed by atoms with Gasteiger partial charge in [-0.3, -0.25) is 9.59 Å². The largest absolute Gasteiger partial charge is 0.472 e. The van der Waals surface area contributed by atoms with Crippen molar-refractivity contribution in [1.29, 1.82) is 0 Å². The van der Waals surface area contributed by atoms with Gasteiger partial charge in [0.1, 0.15) is 17.3 Å². The van der Waals surface area contributed by atoms with Crippen molar-refractivity contribution in [3.8, 4) is 0 Å². The zero-order chi connectivity index (χ0) is 24.9. The third-order valence-electron chi connectivity index (χ3n) is 8.23. The molecule has 0 aromatic carbocycles. The summed E-state index contributed by atoms with van der Waals surface area (Å²) in [6.07, 6.45) is 6.42. The van der Waals surface area contributed by atoms with Crippen LogP contribution in [0.25, 0.3) is 0 Å². The summed E-state index contributed by atoms with van der Waals surface area (Å²) >= 11 is 0. The number of hydrogen-bond acceptors (Lipinski definition) is 8. The summed E-state index contributed by atoms with van der Waals surface area (Å²) in [5.41, 5.74) is -2.15. The Bertz CT molecular complexity index is 1020. The third kappa shape index (κ3) is 3.78. The van der Waals surface area contributed by atoms with E-state index in [0.717, 1.165) is 0 Å². The molecule has 0 amide bonds. The molecule has 8 nitrogen and oxygen atoms in total. The van der Waals surface area contributed by atoms with Crippen LogP contribution in [0.4, 0.5) is 0 Å². The predicted molar refractivity (Wildman–Crippen MR) is 120 cm³/mol. The van der Waals surface area contributed by atoms with Gasteiger partial charge in [0.05, 0.1) is 32.5 Å². The molecule has 4 rings (SSSR count). The summed E-state index contributed by atoms with van der Waals surface area (Å²) < 4.78 is 21.5. The summed E-state index contributed by atoms with van der Waals surface area (Å²) in [4.78, 5) is 37.3. The van der Waals surface area contributed by atoms with Crippen molar-refractivity contribution in [3.05, 3.63) is 48.5 Å². The van der Waals surface area contributed by atoms with Crippen molar-refractivity contribution in [1.82, 2.24) is 0 Å². The standard InChI is InChI=1S/C26H32O8/c1-15-17(18-6-7-20(27)34-24(2,3)19(18)12-21(28)31-5)8-10-25(4)23(16-9-11-32-14-16)33-22(29)13-26(15,25)30/h6-7,9,11,14,17-19,23,30H,1,8,10,12-13H2,2-5H3/t17-,18-,19-,23-,25-,26-/m1/s1. The molecule has 2 fully saturated rings. The first kappa shape index (κ1) is 24.3. The van der Waals surface area contributed by atoms with E-state index in [1.165, 1.54) is 25.7 Å². The second kappa shape index (κ2) is 8.41. The summed E-state index contributed by atoms with van der Waals surface area (Å²) in [7, 11) is 1.32. The van der Waals surface area contributed by atoms with Crippen molar-refractivity contribution in [2.24, 2.45) is 23.2 Å². The highest BCUT2D eigenvalue weighted by molar-refractivity contribution is 5.83. The minimum atomic E-state index is -1.54. The first-order valence-electron chi connectivity index (χ1n) is 11.5. The SMILES string of the molecule is C=C1[C@H]([C@H]2C=CC(=O)OC(C)(C)[C@@H]2CC(=O)OC)CC[C@]2(C)[C@@H](c3ccoc3)OC(=O)C[C@@]12O. The van der Waals surface area contributed by atoms with Crippen LogP contribution in [0.1, 0.15) is 58.1 Å². The smallest absolute Gasteiger partial charge is 0.330 e. The molecule has 6 atom stereocenters. The van der Waals surface area contributed by atoms with E-state index in [1.807, 2.05) is 6.92 Å². The van der Waals surface area contributed by atoms with Gasteiger partial charge < -0.3 is 23.7 Å². The molecule has 1 aromatic rings. The molecule has 1 aromatic heterocycles. The Kier molecular flexibility index (Phi) is 6.00. The summed E-state index contributed by atoms with van der Waals surface area (Å²) in [6.45, 7) is 9.75. The van der Waals surface area contributed by atoms with Crippen molar-refractivity contribution >= 4 is 17.9 Å². The van der Waals surface area contributed by atoms with Gasteiger partial charge in [-0.25, -0.2) is 4.79 Å². The maximum Gasteiger partial charge on any atom is 0.330 e. The summed E-state index contributed by atoms with van der Waals surface area (Å²) in [5, 5.41) is 12.1. The maximum absolute atomic E-state index is 12.7. The normalized spacial score (nSPS) is 37.3. The van der Waals surface area contributed by atoms with Crippen molar-refractivity contribution in [2.45, 2.75) is 63.8 Å². The lowest BCUT2D eigenvalue weighted by atomic mass is 9.51. The Hall–Kier alpha value is -2.87. The highest BCUT2D eigenvalue weighted by Crippen LogP contribution is 2.62. The molecule has 1 aliphatic carbocycles. The van der Waals surface area contributed by atoms with Crippen LogP contribution < -0.4 is 0 Å². The van der Waals surface area contributed by atoms with Gasteiger partial charge >= 0.3 is 17.9 Å². The number of carbonyl (C=O) groups excluding carboxylic acids is 3. The Morgan fingerprint density at radius 3 is 2.68 bits per heavy atom. The molecule has 3 heterocycles. The topological polar surface area (TPSA) is 112 Å². The van der Waals surface area contributed by atoms with Crippen LogP contribution in [0.5, 0.6) is 0 Å². The number of esters is 3. The molecule has 34 heavy (non-hydrogen) atoms. The number of rotatable bonds is 4. The van der Waals surface area contributed by atoms with Crippen molar-refractivity contribution in [2.75, 3.05) is 7.11 Å². The molecule has 0 bridgehead atoms. The average molecular weight is 473 g/mol.